The van der Waals surface area contributed by atoms with Crippen molar-refractivity contribution in [3.63, 3.8) is 0 Å². The number of rotatable bonds is 2. The highest BCUT2D eigenvalue weighted by Gasteiger charge is 2.02. The highest BCUT2D eigenvalue weighted by atomic mass is 16.1. The van der Waals surface area contributed by atoms with E-state index in [-0.39, 0.29) is 5.91 Å². The zero-order chi connectivity index (χ0) is 10.8. The van der Waals surface area contributed by atoms with Gasteiger partial charge in [0.05, 0.1) is 0 Å². The lowest BCUT2D eigenvalue weighted by molar-refractivity contribution is -0.115. The van der Waals surface area contributed by atoms with Crippen LogP contribution in [-0.4, -0.2) is 10.5 Å². The van der Waals surface area contributed by atoms with Gasteiger partial charge in [-0.15, -0.1) is 0 Å². The molecular weight excluding hydrogens is 188 g/mol. The Balaban J connectivity index is 2.37. The van der Waals surface area contributed by atoms with Gasteiger partial charge in [0.25, 0.3) is 0 Å². The Bertz CT molecular complexity index is 499. The molecule has 1 N–H and O–H groups in total. The van der Waals surface area contributed by atoms with E-state index in [1.165, 1.54) is 5.39 Å². The largest absolute Gasteiger partial charge is 0.350 e. The summed E-state index contributed by atoms with van der Waals surface area (Å²) in [6.45, 7) is 1.84. The minimum absolute atomic E-state index is 0.0450. The molecule has 0 saturated heterocycles. The number of nitrogens with one attached hydrogen (secondary N) is 1. The monoisotopic (exact) mass is 202 g/mol. The first kappa shape index (κ1) is 9.77. The molecule has 0 atom stereocenters. The lowest BCUT2D eigenvalue weighted by Crippen LogP contribution is -2.09. The molecule has 0 fully saturated rings. The predicted molar refractivity (Wildman–Crippen MR) is 61.8 cm³/mol. The number of anilines is 1. The van der Waals surface area contributed by atoms with Gasteiger partial charge in [0.1, 0.15) is 0 Å². The number of hydrogen-bond acceptors (Lipinski definition) is 1. The maximum Gasteiger partial charge on any atom is 0.224 e. The molecule has 0 aliphatic rings. The van der Waals surface area contributed by atoms with Crippen LogP contribution in [0.1, 0.15) is 13.3 Å². The number of aryl methyl sites for hydroxylation is 1. The fraction of sp³-hybridized carbons (Fsp3) is 0.250. The van der Waals surface area contributed by atoms with Crippen molar-refractivity contribution >= 4 is 22.5 Å². The summed E-state index contributed by atoms with van der Waals surface area (Å²) in [5, 5.41) is 4.04. The molecule has 0 bridgehead atoms. The van der Waals surface area contributed by atoms with Crippen molar-refractivity contribution in [3.8, 4) is 0 Å². The third-order valence-corrected chi connectivity index (χ3v) is 2.49. The van der Waals surface area contributed by atoms with E-state index in [4.69, 9.17) is 0 Å². The van der Waals surface area contributed by atoms with Gasteiger partial charge in [0, 0.05) is 30.9 Å². The third kappa shape index (κ3) is 1.86. The van der Waals surface area contributed by atoms with Gasteiger partial charge in [-0.2, -0.15) is 0 Å². The van der Waals surface area contributed by atoms with Crippen molar-refractivity contribution in [1.29, 1.82) is 0 Å². The van der Waals surface area contributed by atoms with Crippen LogP contribution >= 0.6 is 0 Å². The van der Waals surface area contributed by atoms with Crippen molar-refractivity contribution in [3.05, 3.63) is 30.5 Å². The summed E-state index contributed by atoms with van der Waals surface area (Å²) < 4.78 is 2.04. The average molecular weight is 202 g/mol. The van der Waals surface area contributed by atoms with Crippen molar-refractivity contribution in [2.24, 2.45) is 7.05 Å². The summed E-state index contributed by atoms with van der Waals surface area (Å²) in [7, 11) is 1.99. The van der Waals surface area contributed by atoms with Crippen LogP contribution in [0.25, 0.3) is 10.9 Å². The Morgan fingerprint density at radius 1 is 1.40 bits per heavy atom. The smallest absolute Gasteiger partial charge is 0.224 e. The number of benzene rings is 1. The molecule has 1 amide bonds. The lowest BCUT2D eigenvalue weighted by Gasteiger charge is -2.04. The van der Waals surface area contributed by atoms with Crippen LogP contribution < -0.4 is 5.32 Å². The number of nitrogens with zero attached hydrogens (tertiary/aromatic N) is 1. The molecule has 2 rings (SSSR count). The van der Waals surface area contributed by atoms with Crippen LogP contribution in [0.2, 0.25) is 0 Å². The number of aromatic nitrogens is 1. The molecule has 3 heteroatoms. The molecular formula is C12H14N2O. The SMILES string of the molecule is CCC(=O)Nc1ccc2ccn(C)c2c1. The van der Waals surface area contributed by atoms with E-state index >= 15 is 0 Å². The van der Waals surface area contributed by atoms with Crippen LogP contribution in [0.5, 0.6) is 0 Å². The lowest BCUT2D eigenvalue weighted by atomic mass is 10.2. The van der Waals surface area contributed by atoms with Crippen LogP contribution in [0, 0.1) is 0 Å². The maximum atomic E-state index is 11.2. The van der Waals surface area contributed by atoms with Gasteiger partial charge < -0.3 is 9.88 Å². The summed E-state index contributed by atoms with van der Waals surface area (Å²) in [6.07, 6.45) is 2.52. The highest BCUT2D eigenvalue weighted by molar-refractivity contribution is 5.93. The molecule has 0 aliphatic carbocycles. The molecule has 1 aromatic heterocycles. The van der Waals surface area contributed by atoms with Crippen molar-refractivity contribution in [2.45, 2.75) is 13.3 Å². The molecule has 2 aromatic rings. The quantitative estimate of drug-likeness (QED) is 0.797. The average Bonchev–Trinajstić information content (AvgIpc) is 2.60. The predicted octanol–water partition coefficient (Wildman–Crippen LogP) is 2.53. The molecule has 0 aliphatic heterocycles. The van der Waals surface area contributed by atoms with Gasteiger partial charge in [-0.3, -0.25) is 4.79 Å². The van der Waals surface area contributed by atoms with Crippen molar-refractivity contribution in [1.82, 2.24) is 4.57 Å². The minimum Gasteiger partial charge on any atom is -0.350 e. The number of carbonyl (C=O) groups excluding carboxylic acids is 1. The van der Waals surface area contributed by atoms with Gasteiger partial charge in [0.2, 0.25) is 5.91 Å². The minimum atomic E-state index is 0.0450. The fourth-order valence-electron chi connectivity index (χ4n) is 1.59. The van der Waals surface area contributed by atoms with Gasteiger partial charge in [-0.05, 0) is 23.6 Å². The molecule has 1 heterocycles. The third-order valence-electron chi connectivity index (χ3n) is 2.49. The Labute approximate surface area is 88.7 Å². The van der Waals surface area contributed by atoms with Crippen LogP contribution in [0.15, 0.2) is 30.5 Å². The second-order valence-corrected chi connectivity index (χ2v) is 3.60. The summed E-state index contributed by atoms with van der Waals surface area (Å²) >= 11 is 0. The summed E-state index contributed by atoms with van der Waals surface area (Å²) in [5.41, 5.74) is 1.99. The van der Waals surface area contributed by atoms with Crippen LogP contribution in [0.3, 0.4) is 0 Å². The summed E-state index contributed by atoms with van der Waals surface area (Å²) in [6, 6.07) is 7.99. The molecule has 0 unspecified atom stereocenters. The Kier molecular flexibility index (Phi) is 2.46. The molecule has 0 spiro atoms. The van der Waals surface area contributed by atoms with Gasteiger partial charge in [-0.25, -0.2) is 0 Å². The molecule has 1 aromatic carbocycles. The number of amides is 1. The summed E-state index contributed by atoms with van der Waals surface area (Å²) in [5.74, 6) is 0.0450. The van der Waals surface area contributed by atoms with E-state index in [2.05, 4.69) is 11.4 Å². The van der Waals surface area contributed by atoms with E-state index < -0.39 is 0 Å². The van der Waals surface area contributed by atoms with Gasteiger partial charge in [-0.1, -0.05) is 13.0 Å². The maximum absolute atomic E-state index is 11.2. The van der Waals surface area contributed by atoms with Crippen molar-refractivity contribution < 1.29 is 4.79 Å². The van der Waals surface area contributed by atoms with Gasteiger partial charge >= 0.3 is 0 Å². The first-order valence-electron chi connectivity index (χ1n) is 5.05. The molecule has 0 radical (unpaired) electrons. The molecule has 15 heavy (non-hydrogen) atoms. The van der Waals surface area contributed by atoms with E-state index in [0.717, 1.165) is 11.2 Å². The number of fused-ring (bicyclic) bond motifs is 1. The van der Waals surface area contributed by atoms with E-state index in [9.17, 15) is 4.79 Å². The van der Waals surface area contributed by atoms with Crippen LogP contribution in [-0.2, 0) is 11.8 Å². The normalized spacial score (nSPS) is 10.5. The Hall–Kier alpha value is -1.77. The second kappa shape index (κ2) is 3.77. The fourth-order valence-corrected chi connectivity index (χ4v) is 1.59. The van der Waals surface area contributed by atoms with E-state index in [1.54, 1.807) is 0 Å². The van der Waals surface area contributed by atoms with Crippen LogP contribution in [0.4, 0.5) is 5.69 Å². The van der Waals surface area contributed by atoms with E-state index in [0.29, 0.717) is 6.42 Å². The Morgan fingerprint density at radius 2 is 2.20 bits per heavy atom. The van der Waals surface area contributed by atoms with Crippen molar-refractivity contribution in [2.75, 3.05) is 5.32 Å². The first-order chi connectivity index (χ1) is 7.20. The zero-order valence-electron chi connectivity index (χ0n) is 8.95. The number of carbonyl (C=O) groups is 1. The second-order valence-electron chi connectivity index (χ2n) is 3.60. The van der Waals surface area contributed by atoms with Gasteiger partial charge in [0.15, 0.2) is 0 Å². The topological polar surface area (TPSA) is 34.0 Å². The highest BCUT2D eigenvalue weighted by Crippen LogP contribution is 2.19. The molecule has 0 saturated carbocycles. The first-order valence-corrected chi connectivity index (χ1v) is 5.05. The molecule has 3 nitrogen and oxygen atoms in total. The molecule has 78 valence electrons. The zero-order valence-corrected chi connectivity index (χ0v) is 8.95. The number of hydrogen-bond donors (Lipinski definition) is 1. The Morgan fingerprint density at radius 3 is 2.93 bits per heavy atom. The summed E-state index contributed by atoms with van der Waals surface area (Å²) in [4.78, 5) is 11.2. The standard InChI is InChI=1S/C12H14N2O/c1-3-12(15)13-10-5-4-9-6-7-14(2)11(9)8-10/h4-8H,3H2,1-2H3,(H,13,15). The van der Waals surface area contributed by atoms with E-state index in [1.807, 2.05) is 42.9 Å².